The van der Waals surface area contributed by atoms with E-state index in [0.717, 1.165) is 48.8 Å². The second-order valence-corrected chi connectivity index (χ2v) is 26.5. The number of ether oxygens (including phenoxy) is 11. The number of aliphatic hydroxyl groups excluding tert-OH is 1. The zero-order valence-electron chi connectivity index (χ0n) is 52.6. The third-order valence-electron chi connectivity index (χ3n) is 20.2. The van der Waals surface area contributed by atoms with Crippen molar-refractivity contribution < 1.29 is 86.0 Å². The van der Waals surface area contributed by atoms with Gasteiger partial charge in [-0.15, -0.1) is 0 Å². The predicted octanol–water partition coefficient (Wildman–Crippen LogP) is 2.14. The Labute approximate surface area is 528 Å². The predicted molar refractivity (Wildman–Crippen MR) is 323 cm³/mol. The maximum Gasteiger partial charge on any atom is 0.243 e. The van der Waals surface area contributed by atoms with Crippen LogP contribution in [0.3, 0.4) is 0 Å². The highest BCUT2D eigenvalue weighted by molar-refractivity contribution is 5.92. The fourth-order valence-corrected chi connectivity index (χ4v) is 15.4. The molecule has 11 aliphatic heterocycles. The summed E-state index contributed by atoms with van der Waals surface area (Å²) in [6.45, 7) is 15.8. The molecule has 0 aliphatic carbocycles. The first kappa shape index (κ1) is 66.6. The van der Waals surface area contributed by atoms with Gasteiger partial charge in [-0.2, -0.15) is 0 Å². The van der Waals surface area contributed by atoms with Gasteiger partial charge in [0, 0.05) is 97.3 Å². The molecule has 12 bridgehead atoms. The summed E-state index contributed by atoms with van der Waals surface area (Å²) in [5.41, 5.74) is 2.80. The molecule has 3 unspecified atom stereocenters. The van der Waals surface area contributed by atoms with E-state index in [4.69, 9.17) is 52.1 Å². The summed E-state index contributed by atoms with van der Waals surface area (Å²) in [5.74, 6) is -3.33. The number of fused-ring (bicyclic) bond motifs is 6. The molecule has 11 saturated heterocycles. The number of methoxy groups -OCH3 is 1. The van der Waals surface area contributed by atoms with Gasteiger partial charge in [-0.25, -0.2) is 0 Å². The first-order valence-electron chi connectivity index (χ1n) is 33.2. The number of amides is 5. The number of benzene rings is 1. The average Bonchev–Trinajstić information content (AvgIpc) is 1.55. The summed E-state index contributed by atoms with van der Waals surface area (Å²) in [5, 5.41) is 22.3. The minimum absolute atomic E-state index is 0.00461. The number of aliphatic hydroxyl groups is 1. The lowest BCUT2D eigenvalue weighted by atomic mass is 9.81. The maximum atomic E-state index is 14.5. The Hall–Kier alpha value is -4.80. The van der Waals surface area contributed by atoms with E-state index in [1.807, 2.05) is 42.2 Å². The number of ketones is 1. The van der Waals surface area contributed by atoms with Crippen LogP contribution in [0, 0.1) is 11.8 Å². The van der Waals surface area contributed by atoms with E-state index in [-0.39, 0.29) is 136 Å². The third-order valence-corrected chi connectivity index (χ3v) is 20.2. The summed E-state index contributed by atoms with van der Waals surface area (Å²) >= 11 is 0. The zero-order valence-corrected chi connectivity index (χ0v) is 52.6. The molecule has 1 aromatic rings. The summed E-state index contributed by atoms with van der Waals surface area (Å²) in [7, 11) is 1.58. The van der Waals surface area contributed by atoms with Crippen LogP contribution in [0.5, 0.6) is 0 Å². The molecule has 11 fully saturated rings. The van der Waals surface area contributed by atoms with Crippen LogP contribution in [-0.2, 0) is 87.3 Å². The van der Waals surface area contributed by atoms with Crippen LogP contribution in [-0.4, -0.2) is 246 Å². The Kier molecular flexibility index (Phi) is 22.6. The highest BCUT2D eigenvalue weighted by atomic mass is 16.8. The number of hydrogen-bond donors (Lipinski definition) is 5. The molecule has 5 N–H and O–H groups in total. The molecule has 498 valence electrons. The summed E-state index contributed by atoms with van der Waals surface area (Å²) < 4.78 is 71.6. The van der Waals surface area contributed by atoms with Crippen molar-refractivity contribution in [3.05, 3.63) is 60.2 Å². The highest BCUT2D eigenvalue weighted by Gasteiger charge is 2.69. The van der Waals surface area contributed by atoms with E-state index in [1.54, 1.807) is 12.0 Å². The fraction of sp³-hybridized carbons (Fsp3) is 0.758. The minimum atomic E-state index is -1.11. The highest BCUT2D eigenvalue weighted by Crippen LogP contribution is 2.54. The second kappa shape index (κ2) is 30.5. The molecule has 1 aromatic carbocycles. The third kappa shape index (κ3) is 16.4. The Bertz CT molecular complexity index is 2680. The number of nitrogens with one attached hydrogen (secondary N) is 4. The molecule has 1 spiro atoms. The van der Waals surface area contributed by atoms with Crippen LogP contribution in [0.2, 0.25) is 0 Å². The van der Waals surface area contributed by atoms with Crippen LogP contribution in [0.25, 0.3) is 0 Å². The number of carbonyl (C=O) groups is 6. The summed E-state index contributed by atoms with van der Waals surface area (Å²) in [6, 6.07) is 7.98. The molecule has 0 saturated carbocycles. The van der Waals surface area contributed by atoms with E-state index < -0.39 is 78.6 Å². The molecular formula is C66H96N6O18. The van der Waals surface area contributed by atoms with Crippen LogP contribution < -0.4 is 21.3 Å². The van der Waals surface area contributed by atoms with Gasteiger partial charge in [0.1, 0.15) is 42.3 Å². The number of carbonyl (C=O) groups excluding carboxylic acids is 6. The van der Waals surface area contributed by atoms with Crippen molar-refractivity contribution in [2.45, 2.75) is 220 Å². The van der Waals surface area contributed by atoms with Crippen LogP contribution in [0.1, 0.15) is 109 Å². The molecule has 11 heterocycles. The van der Waals surface area contributed by atoms with Crippen molar-refractivity contribution in [3.8, 4) is 0 Å². The van der Waals surface area contributed by atoms with Crippen molar-refractivity contribution in [1.82, 2.24) is 31.1 Å². The van der Waals surface area contributed by atoms with Gasteiger partial charge in [0.15, 0.2) is 5.79 Å². The molecule has 12 rings (SSSR count). The summed E-state index contributed by atoms with van der Waals surface area (Å²) in [4.78, 5) is 84.2. The number of hydrogen-bond acceptors (Lipinski definition) is 19. The molecule has 11 aliphatic rings. The largest absolute Gasteiger partial charge is 0.391 e. The normalized spacial score (nSPS) is 36.5. The number of piperazine rings is 1. The average molecular weight is 1260 g/mol. The van der Waals surface area contributed by atoms with Gasteiger partial charge in [0.25, 0.3) is 0 Å². The first-order chi connectivity index (χ1) is 43.5. The van der Waals surface area contributed by atoms with Gasteiger partial charge >= 0.3 is 0 Å². The van der Waals surface area contributed by atoms with Gasteiger partial charge in [0.2, 0.25) is 29.5 Å². The van der Waals surface area contributed by atoms with E-state index >= 15 is 0 Å². The van der Waals surface area contributed by atoms with Crippen LogP contribution in [0.15, 0.2) is 54.6 Å². The second-order valence-electron chi connectivity index (χ2n) is 26.5. The zero-order chi connectivity index (χ0) is 63.1. The molecule has 0 radical (unpaired) electrons. The summed E-state index contributed by atoms with van der Waals surface area (Å²) in [6.07, 6.45) is 1.68. The molecular weight excluding hydrogens is 1160 g/mol. The number of rotatable bonds is 22. The fourth-order valence-electron chi connectivity index (χ4n) is 15.4. The van der Waals surface area contributed by atoms with E-state index in [0.29, 0.717) is 84.7 Å². The van der Waals surface area contributed by atoms with E-state index in [1.165, 1.54) is 0 Å². The Morgan fingerprint density at radius 3 is 2.26 bits per heavy atom. The quantitative estimate of drug-likeness (QED) is 0.0822. The standard InChI is InChI=1S/C66H96N6O18/c1-6-81-24-25-82-23-17-58(78)72-21-19-71(20-22-72)37-57(77)68-36-56(76)70-48(28-41-10-8-7-9-11-41)65(79)69-35-55(75)67-34-43(74)31-53-59(80-5)47-30-42(73)29-45-13-15-50-60(85-45)64-63-62(87-50)61-54(88-63)33-66(89-61,90-64)18-16-46-27-39(3)49(83-46)14-12-44-26-38(2)40(4)51(84-44)32-52(47)86-53/h7-11,38,43-54,59-64,74H,3-4,6,12-37H2,1-2,5H3,(H,67,75)(H,68,77)(H,69,79)(H,70,76)/t38-,43+,44+,45-,46+,47+,48+,49+,50+,51-,52+,53-,54?,59-,60+,61+,62?,63?,64+,66+/m1/s1. The topological polar surface area (TPSA) is 279 Å². The van der Waals surface area contributed by atoms with Crippen LogP contribution in [0.4, 0.5) is 0 Å². The van der Waals surface area contributed by atoms with Gasteiger partial charge in [-0.1, -0.05) is 50.4 Å². The smallest absolute Gasteiger partial charge is 0.243 e. The molecule has 24 nitrogen and oxygen atoms in total. The SMILES string of the molecule is C=C1C[C@@H]2CC[C@@]34CC5OC6C(O[C@H]7CC[C@H](CC(=O)C[C@@H]8[C@@H](OC)[C@@H](C[C@H](O)CNC(=O)CNC(=O)[C@H](Cc9ccccc9)NC(=O)CNC(=O)CN9CCN(C(=O)CCOCCOCC)CC9)O[C@H]8C[C@H]8O[C@@H](CC[C@@H]1O2)C[C@@H](C)C8=C)O[C@@H]7[C@@H]6O3)[C@H]5O4. The molecule has 24 heteroatoms. The molecule has 5 amide bonds. The monoisotopic (exact) mass is 1260 g/mol. The van der Waals surface area contributed by atoms with Crippen molar-refractivity contribution >= 4 is 35.3 Å². The Morgan fingerprint density at radius 1 is 0.722 bits per heavy atom. The maximum absolute atomic E-state index is 14.5. The molecule has 0 aromatic heterocycles. The lowest BCUT2D eigenvalue weighted by Gasteiger charge is -2.47. The lowest BCUT2D eigenvalue weighted by molar-refractivity contribution is -0.292. The van der Waals surface area contributed by atoms with Crippen LogP contribution >= 0.6 is 0 Å². The van der Waals surface area contributed by atoms with Gasteiger partial charge < -0.3 is 83.4 Å². The number of Topliss-reactive ketones (excluding diaryl/α,β-unsaturated/α-hetero) is 1. The van der Waals surface area contributed by atoms with Crippen molar-refractivity contribution in [2.75, 3.05) is 85.9 Å². The first-order valence-corrected chi connectivity index (χ1v) is 33.2. The van der Waals surface area contributed by atoms with E-state index in [9.17, 15) is 33.9 Å². The lowest BCUT2D eigenvalue weighted by Crippen LogP contribution is -2.61. The molecule has 20 atom stereocenters. The van der Waals surface area contributed by atoms with Gasteiger partial charge in [0.05, 0.1) is 113 Å². The van der Waals surface area contributed by atoms with Crippen molar-refractivity contribution in [3.63, 3.8) is 0 Å². The molecule has 90 heavy (non-hydrogen) atoms. The van der Waals surface area contributed by atoms with Gasteiger partial charge in [-0.05, 0) is 74.5 Å². The Balaban J connectivity index is 0.678. The van der Waals surface area contributed by atoms with Gasteiger partial charge in [-0.3, -0.25) is 33.7 Å². The van der Waals surface area contributed by atoms with Crippen molar-refractivity contribution in [2.24, 2.45) is 11.8 Å². The van der Waals surface area contributed by atoms with Crippen molar-refractivity contribution in [1.29, 1.82) is 0 Å². The van der Waals surface area contributed by atoms with E-state index in [2.05, 4.69) is 41.3 Å². The number of nitrogens with zero attached hydrogens (tertiary/aromatic N) is 2. The Morgan fingerprint density at radius 2 is 1.46 bits per heavy atom. The minimum Gasteiger partial charge on any atom is -0.391 e.